The number of allylic oxidation sites excluding steroid dienone is 2. The molecule has 0 aliphatic carbocycles. The average Bonchev–Trinajstić information content (AvgIpc) is 2.89. The highest BCUT2D eigenvalue weighted by Gasteiger charge is 2.25. The van der Waals surface area contributed by atoms with Gasteiger partial charge >= 0.3 is 0 Å². The number of likely N-dealkylation sites (N-methyl/N-ethyl adjacent to an activating group) is 1. The normalized spacial score (nSPS) is 14.8. The van der Waals surface area contributed by atoms with Crippen molar-refractivity contribution in [3.8, 4) is 0 Å². The molecule has 0 bridgehead atoms. The summed E-state index contributed by atoms with van der Waals surface area (Å²) in [4.78, 5) is 34.9. The van der Waals surface area contributed by atoms with Crippen LogP contribution in [0.2, 0.25) is 0 Å². The van der Waals surface area contributed by atoms with E-state index in [4.69, 9.17) is 10.7 Å². The number of nitrogen functional groups attached to an aromatic ring is 1. The van der Waals surface area contributed by atoms with Crippen molar-refractivity contribution >= 4 is 45.9 Å². The maximum atomic E-state index is 13.5. The number of hydrogen-bond acceptors (Lipinski definition) is 9. The Hall–Kier alpha value is -4.45. The Morgan fingerprint density at radius 1 is 1.15 bits per heavy atom. The van der Waals surface area contributed by atoms with Crippen molar-refractivity contribution in [2.75, 3.05) is 54.5 Å². The topological polar surface area (TPSA) is 125 Å². The molecule has 1 fully saturated rings. The van der Waals surface area contributed by atoms with Gasteiger partial charge < -0.3 is 26.2 Å². The monoisotopic (exact) mass is 535 g/mol. The van der Waals surface area contributed by atoms with E-state index in [-0.39, 0.29) is 11.4 Å². The molecule has 3 aromatic rings. The number of nitrogens with zero attached hydrogens (tertiary/aromatic N) is 6. The van der Waals surface area contributed by atoms with Crippen LogP contribution in [0.1, 0.15) is 12.5 Å². The number of piperazine rings is 1. The molecule has 2 aromatic heterocycles. The van der Waals surface area contributed by atoms with E-state index in [9.17, 15) is 13.6 Å². The number of anilines is 5. The fourth-order valence-corrected chi connectivity index (χ4v) is 3.89. The van der Waals surface area contributed by atoms with E-state index in [1.807, 2.05) is 6.92 Å². The molecule has 39 heavy (non-hydrogen) atoms. The molecule has 1 amide bonds. The van der Waals surface area contributed by atoms with Gasteiger partial charge in [-0.2, -0.15) is 4.98 Å². The smallest absolute Gasteiger partial charge is 0.269 e. The second-order valence-electron chi connectivity index (χ2n) is 9.44. The summed E-state index contributed by atoms with van der Waals surface area (Å²) in [6.07, 6.45) is 3.60. The van der Waals surface area contributed by atoms with Crippen molar-refractivity contribution in [1.29, 1.82) is 0 Å². The van der Waals surface area contributed by atoms with Crippen LogP contribution in [0.5, 0.6) is 0 Å². The number of carbonyl (C=O) groups excluding carboxylic acids is 1. The number of aryl methyl sites for hydroxylation is 1. The first-order chi connectivity index (χ1) is 18.5. The largest absolute Gasteiger partial charge is 0.382 e. The summed E-state index contributed by atoms with van der Waals surface area (Å²) in [6.45, 7) is 12.8. The van der Waals surface area contributed by atoms with Crippen molar-refractivity contribution in [2.24, 2.45) is 0 Å². The van der Waals surface area contributed by atoms with Crippen LogP contribution in [0, 0.1) is 6.92 Å². The first kappa shape index (κ1) is 27.6. The summed E-state index contributed by atoms with van der Waals surface area (Å²) in [5, 5.41) is 5.98. The van der Waals surface area contributed by atoms with Crippen LogP contribution >= 0.6 is 0 Å². The first-order valence-electron chi connectivity index (χ1n) is 12.3. The van der Waals surface area contributed by atoms with Crippen molar-refractivity contribution in [3.63, 3.8) is 0 Å². The summed E-state index contributed by atoms with van der Waals surface area (Å²) in [7, 11) is 2.07. The Balaban J connectivity index is 1.62. The minimum atomic E-state index is -3.16. The Morgan fingerprint density at radius 3 is 2.54 bits per heavy atom. The summed E-state index contributed by atoms with van der Waals surface area (Å²) in [6, 6.07) is 5.21. The van der Waals surface area contributed by atoms with E-state index in [1.54, 1.807) is 18.2 Å². The van der Waals surface area contributed by atoms with Crippen LogP contribution in [0.25, 0.3) is 11.0 Å². The van der Waals surface area contributed by atoms with Gasteiger partial charge in [-0.3, -0.25) is 4.79 Å². The maximum Gasteiger partial charge on any atom is 0.269 e. The number of alkyl halides is 2. The lowest BCUT2D eigenvalue weighted by atomic mass is 10.1. The van der Waals surface area contributed by atoms with Crippen LogP contribution < -0.4 is 21.3 Å². The Kier molecular flexibility index (Phi) is 7.86. The fraction of sp³-hybridized carbons (Fsp3) is 0.296. The number of amides is 1. The van der Waals surface area contributed by atoms with Gasteiger partial charge in [0.1, 0.15) is 17.4 Å². The highest BCUT2D eigenvalue weighted by molar-refractivity contribution is 6.06. The third kappa shape index (κ3) is 6.34. The molecular weight excluding hydrogens is 504 g/mol. The van der Waals surface area contributed by atoms with Gasteiger partial charge in [-0.25, -0.2) is 23.7 Å². The zero-order valence-electron chi connectivity index (χ0n) is 22.1. The number of benzene rings is 1. The van der Waals surface area contributed by atoms with Gasteiger partial charge in [0.25, 0.3) is 11.8 Å². The standard InChI is InChI=1S/C27H31F2N9O/c1-6-18(13-17(3)27(4,28)29)25(39)33-19-8-7-16(2)20(14-19)34-24-22-21(31-15-32-24)23(30)36-26(35-22)38-11-9-37(5)10-12-38/h6-8,13-15H,1,3,9-12H2,2,4-5H3,(H,33,39)(H2,30,35,36)(H,31,32,34). The zero-order chi connectivity index (χ0) is 28.3. The number of nitrogens with two attached hydrogens (primary N) is 1. The van der Waals surface area contributed by atoms with Crippen LogP contribution in [-0.4, -0.2) is 69.9 Å². The number of carbonyl (C=O) groups is 1. The van der Waals surface area contributed by atoms with Crippen LogP contribution in [-0.2, 0) is 4.79 Å². The number of aromatic nitrogens is 4. The number of nitrogens with one attached hydrogen (secondary N) is 2. The summed E-state index contributed by atoms with van der Waals surface area (Å²) < 4.78 is 27.1. The van der Waals surface area contributed by atoms with Gasteiger partial charge in [-0.05, 0) is 37.7 Å². The van der Waals surface area contributed by atoms with E-state index in [1.165, 1.54) is 12.4 Å². The van der Waals surface area contributed by atoms with E-state index < -0.39 is 17.4 Å². The van der Waals surface area contributed by atoms with Crippen LogP contribution in [0.3, 0.4) is 0 Å². The molecule has 204 valence electrons. The van der Waals surface area contributed by atoms with Crippen molar-refractivity contribution < 1.29 is 13.6 Å². The molecule has 3 heterocycles. The minimum absolute atomic E-state index is 0.0398. The molecule has 4 rings (SSSR count). The van der Waals surface area contributed by atoms with Gasteiger partial charge in [-0.15, -0.1) is 0 Å². The maximum absolute atomic E-state index is 13.5. The summed E-state index contributed by atoms with van der Waals surface area (Å²) in [5.41, 5.74) is 8.52. The quantitative estimate of drug-likeness (QED) is 0.289. The number of rotatable bonds is 8. The second-order valence-corrected chi connectivity index (χ2v) is 9.44. The molecule has 1 saturated heterocycles. The highest BCUT2D eigenvalue weighted by atomic mass is 19.3. The van der Waals surface area contributed by atoms with Gasteiger partial charge in [0.15, 0.2) is 11.6 Å². The molecule has 1 aliphatic heterocycles. The number of fused-ring (bicyclic) bond motifs is 1. The molecule has 1 aliphatic rings. The SMILES string of the molecule is C=CC(=CC(=C)C(C)(F)F)C(=O)Nc1ccc(C)c(Nc2ncnc3c(N)nc(N4CCN(C)CC4)nc23)c1. The molecule has 12 heteroatoms. The predicted molar refractivity (Wildman–Crippen MR) is 150 cm³/mol. The lowest BCUT2D eigenvalue weighted by molar-refractivity contribution is -0.112. The predicted octanol–water partition coefficient (Wildman–Crippen LogP) is 4.07. The Bertz CT molecular complexity index is 1460. The van der Waals surface area contributed by atoms with E-state index in [2.05, 4.69) is 55.6 Å². The number of hydrogen-bond donors (Lipinski definition) is 3. The Morgan fingerprint density at radius 2 is 1.87 bits per heavy atom. The molecule has 4 N–H and O–H groups in total. The van der Waals surface area contributed by atoms with Crippen LogP contribution in [0.4, 0.5) is 37.7 Å². The summed E-state index contributed by atoms with van der Waals surface area (Å²) >= 11 is 0. The lowest BCUT2D eigenvalue weighted by Gasteiger charge is -2.32. The Labute approximate surface area is 225 Å². The molecule has 0 unspecified atom stereocenters. The van der Waals surface area contributed by atoms with Crippen LogP contribution in [0.15, 0.2) is 61.0 Å². The second kappa shape index (κ2) is 11.1. The molecular formula is C27H31F2N9O. The van der Waals surface area contributed by atoms with E-state index >= 15 is 0 Å². The van der Waals surface area contributed by atoms with Gasteiger partial charge in [-0.1, -0.05) is 25.3 Å². The third-order valence-corrected chi connectivity index (χ3v) is 6.41. The third-order valence-electron chi connectivity index (χ3n) is 6.41. The highest BCUT2D eigenvalue weighted by Crippen LogP contribution is 2.30. The van der Waals surface area contributed by atoms with Crippen molar-refractivity contribution in [1.82, 2.24) is 24.8 Å². The average molecular weight is 536 g/mol. The molecule has 1 aromatic carbocycles. The molecule has 10 nitrogen and oxygen atoms in total. The van der Waals surface area contributed by atoms with Crippen molar-refractivity contribution in [3.05, 3.63) is 66.5 Å². The molecule has 0 spiro atoms. The van der Waals surface area contributed by atoms with Crippen molar-refractivity contribution in [2.45, 2.75) is 19.8 Å². The zero-order valence-corrected chi connectivity index (χ0v) is 22.1. The summed E-state index contributed by atoms with van der Waals surface area (Å²) in [5.74, 6) is -2.58. The van der Waals surface area contributed by atoms with E-state index in [0.29, 0.717) is 41.1 Å². The lowest BCUT2D eigenvalue weighted by Crippen LogP contribution is -2.45. The fourth-order valence-electron chi connectivity index (χ4n) is 3.89. The first-order valence-corrected chi connectivity index (χ1v) is 12.3. The van der Waals surface area contributed by atoms with Gasteiger partial charge in [0, 0.05) is 55.6 Å². The molecule has 0 radical (unpaired) electrons. The van der Waals surface area contributed by atoms with Gasteiger partial charge in [0.2, 0.25) is 5.95 Å². The van der Waals surface area contributed by atoms with E-state index in [0.717, 1.165) is 37.8 Å². The molecule has 0 saturated carbocycles. The molecule has 0 atom stereocenters. The van der Waals surface area contributed by atoms with Gasteiger partial charge in [0.05, 0.1) is 0 Å². The number of halogens is 2. The minimum Gasteiger partial charge on any atom is -0.382 e.